The fourth-order valence-electron chi connectivity index (χ4n) is 2.65. The van der Waals surface area contributed by atoms with E-state index in [-0.39, 0.29) is 5.54 Å². The van der Waals surface area contributed by atoms with Crippen LogP contribution in [0.15, 0.2) is 0 Å². The van der Waals surface area contributed by atoms with Gasteiger partial charge in [0.25, 0.3) is 0 Å². The third-order valence-electron chi connectivity index (χ3n) is 3.48. The molecule has 15 heavy (non-hydrogen) atoms. The number of piperazine rings is 1. The van der Waals surface area contributed by atoms with Gasteiger partial charge in [0.15, 0.2) is 0 Å². The zero-order chi connectivity index (χ0) is 11.6. The Morgan fingerprint density at radius 2 is 1.87 bits per heavy atom. The third kappa shape index (κ3) is 3.16. The van der Waals surface area contributed by atoms with Gasteiger partial charge in [-0.15, -0.1) is 0 Å². The van der Waals surface area contributed by atoms with E-state index in [2.05, 4.69) is 44.5 Å². The van der Waals surface area contributed by atoms with E-state index in [0.29, 0.717) is 12.1 Å². The van der Waals surface area contributed by atoms with Crippen LogP contribution in [0.3, 0.4) is 0 Å². The molecule has 1 heterocycles. The van der Waals surface area contributed by atoms with E-state index in [1.807, 2.05) is 0 Å². The minimum Gasteiger partial charge on any atom is -0.330 e. The van der Waals surface area contributed by atoms with Crippen molar-refractivity contribution in [1.29, 1.82) is 0 Å². The summed E-state index contributed by atoms with van der Waals surface area (Å²) in [5.74, 6) is 0. The maximum atomic E-state index is 5.67. The first-order chi connectivity index (χ1) is 6.86. The van der Waals surface area contributed by atoms with Crippen LogP contribution in [0.2, 0.25) is 0 Å². The predicted molar refractivity (Wildman–Crippen MR) is 66.0 cm³/mol. The molecule has 0 radical (unpaired) electrons. The molecule has 0 aromatic heterocycles. The number of hydrogen-bond donors (Lipinski definition) is 1. The molecule has 3 nitrogen and oxygen atoms in total. The van der Waals surface area contributed by atoms with Crippen LogP contribution in [-0.2, 0) is 0 Å². The van der Waals surface area contributed by atoms with Gasteiger partial charge in [0, 0.05) is 30.7 Å². The lowest BCUT2D eigenvalue weighted by molar-refractivity contribution is -0.00709. The molecule has 2 atom stereocenters. The summed E-state index contributed by atoms with van der Waals surface area (Å²) < 4.78 is 0. The maximum absolute atomic E-state index is 5.67. The number of likely N-dealkylation sites (N-methyl/N-ethyl adjacent to an activating group) is 1. The molecule has 2 N–H and O–H groups in total. The van der Waals surface area contributed by atoms with E-state index in [0.717, 1.165) is 26.1 Å². The van der Waals surface area contributed by atoms with Crippen molar-refractivity contribution in [2.45, 2.75) is 51.7 Å². The Balaban J connectivity index is 2.67. The quantitative estimate of drug-likeness (QED) is 0.746. The average molecular weight is 213 g/mol. The van der Waals surface area contributed by atoms with Crippen LogP contribution in [0, 0.1) is 0 Å². The molecule has 0 amide bonds. The van der Waals surface area contributed by atoms with Crippen molar-refractivity contribution in [3.63, 3.8) is 0 Å². The highest BCUT2D eigenvalue weighted by molar-refractivity contribution is 4.91. The number of nitrogens with zero attached hydrogens (tertiary/aromatic N) is 2. The van der Waals surface area contributed by atoms with Crippen molar-refractivity contribution in [3.05, 3.63) is 0 Å². The molecule has 3 heteroatoms. The molecule has 0 aliphatic carbocycles. The number of hydrogen-bond acceptors (Lipinski definition) is 3. The highest BCUT2D eigenvalue weighted by Crippen LogP contribution is 2.23. The van der Waals surface area contributed by atoms with Crippen molar-refractivity contribution in [2.75, 3.05) is 26.7 Å². The highest BCUT2D eigenvalue weighted by atomic mass is 15.3. The monoisotopic (exact) mass is 213 g/mol. The van der Waals surface area contributed by atoms with Crippen LogP contribution in [0.1, 0.15) is 34.1 Å². The summed E-state index contributed by atoms with van der Waals surface area (Å²) >= 11 is 0. The van der Waals surface area contributed by atoms with Crippen molar-refractivity contribution in [2.24, 2.45) is 5.73 Å². The largest absolute Gasteiger partial charge is 0.330 e. The molecule has 1 aliphatic heterocycles. The van der Waals surface area contributed by atoms with Gasteiger partial charge in [-0.2, -0.15) is 0 Å². The minimum atomic E-state index is 0.271. The van der Waals surface area contributed by atoms with Crippen LogP contribution in [-0.4, -0.2) is 54.1 Å². The summed E-state index contributed by atoms with van der Waals surface area (Å²) in [6, 6.07) is 1.27. The van der Waals surface area contributed by atoms with Crippen LogP contribution in [0.25, 0.3) is 0 Å². The lowest BCUT2D eigenvalue weighted by Gasteiger charge is -2.49. The van der Waals surface area contributed by atoms with E-state index in [9.17, 15) is 0 Å². The molecule has 90 valence electrons. The Morgan fingerprint density at radius 3 is 2.33 bits per heavy atom. The van der Waals surface area contributed by atoms with Gasteiger partial charge in [-0.1, -0.05) is 0 Å². The second-order valence-electron chi connectivity index (χ2n) is 5.84. The lowest BCUT2D eigenvalue weighted by Crippen LogP contribution is -2.61. The molecule has 1 rings (SSSR count). The molecule has 0 aromatic rings. The SMILES string of the molecule is CC1CN(C)C(CCN)CN1C(C)(C)C. The fraction of sp³-hybridized carbons (Fsp3) is 1.00. The molecular formula is C12H27N3. The summed E-state index contributed by atoms with van der Waals surface area (Å²) in [6.45, 7) is 12.3. The van der Waals surface area contributed by atoms with Gasteiger partial charge in [-0.25, -0.2) is 0 Å². The second-order valence-corrected chi connectivity index (χ2v) is 5.84. The van der Waals surface area contributed by atoms with Crippen molar-refractivity contribution >= 4 is 0 Å². The van der Waals surface area contributed by atoms with E-state index in [1.165, 1.54) is 0 Å². The summed E-state index contributed by atoms with van der Waals surface area (Å²) in [6.07, 6.45) is 1.11. The van der Waals surface area contributed by atoms with Crippen LogP contribution < -0.4 is 5.73 Å². The van der Waals surface area contributed by atoms with Crippen LogP contribution >= 0.6 is 0 Å². The maximum Gasteiger partial charge on any atom is 0.0233 e. The Labute approximate surface area is 94.6 Å². The van der Waals surface area contributed by atoms with Gasteiger partial charge in [0.2, 0.25) is 0 Å². The normalized spacial score (nSPS) is 30.8. The number of rotatable bonds is 2. The Hall–Kier alpha value is -0.120. The number of nitrogens with two attached hydrogens (primary N) is 1. The van der Waals surface area contributed by atoms with E-state index >= 15 is 0 Å². The molecule has 0 spiro atoms. The van der Waals surface area contributed by atoms with Gasteiger partial charge in [-0.05, 0) is 47.7 Å². The van der Waals surface area contributed by atoms with E-state index in [4.69, 9.17) is 5.73 Å². The van der Waals surface area contributed by atoms with Crippen LogP contribution in [0.5, 0.6) is 0 Å². The summed E-state index contributed by atoms with van der Waals surface area (Å²) in [5.41, 5.74) is 5.94. The molecule has 0 aromatic carbocycles. The summed E-state index contributed by atoms with van der Waals surface area (Å²) in [4.78, 5) is 5.06. The zero-order valence-corrected chi connectivity index (χ0v) is 11.0. The minimum absolute atomic E-state index is 0.271. The van der Waals surface area contributed by atoms with Gasteiger partial charge in [0.1, 0.15) is 0 Å². The smallest absolute Gasteiger partial charge is 0.0233 e. The van der Waals surface area contributed by atoms with Crippen LogP contribution in [0.4, 0.5) is 0 Å². The fourth-order valence-corrected chi connectivity index (χ4v) is 2.65. The van der Waals surface area contributed by atoms with Gasteiger partial charge >= 0.3 is 0 Å². The molecule has 0 bridgehead atoms. The summed E-state index contributed by atoms with van der Waals surface area (Å²) in [5, 5.41) is 0. The second kappa shape index (κ2) is 4.81. The van der Waals surface area contributed by atoms with Gasteiger partial charge in [-0.3, -0.25) is 4.90 Å². The highest BCUT2D eigenvalue weighted by Gasteiger charge is 2.34. The topological polar surface area (TPSA) is 32.5 Å². The summed E-state index contributed by atoms with van der Waals surface area (Å²) in [7, 11) is 2.22. The Bertz CT molecular complexity index is 198. The van der Waals surface area contributed by atoms with E-state index in [1.54, 1.807) is 0 Å². The standard InChI is InChI=1S/C12H27N3/c1-10-8-14(5)11(6-7-13)9-15(10)12(2,3)4/h10-11H,6-9,13H2,1-5H3. The Kier molecular flexibility index (Phi) is 4.15. The molecular weight excluding hydrogens is 186 g/mol. The molecule has 0 saturated carbocycles. The third-order valence-corrected chi connectivity index (χ3v) is 3.48. The molecule has 1 aliphatic rings. The van der Waals surface area contributed by atoms with Crippen molar-refractivity contribution < 1.29 is 0 Å². The molecule has 2 unspecified atom stereocenters. The van der Waals surface area contributed by atoms with Crippen molar-refractivity contribution in [1.82, 2.24) is 9.80 Å². The predicted octanol–water partition coefficient (Wildman–Crippen LogP) is 1.14. The Morgan fingerprint density at radius 1 is 1.27 bits per heavy atom. The van der Waals surface area contributed by atoms with Gasteiger partial charge in [0.05, 0.1) is 0 Å². The van der Waals surface area contributed by atoms with E-state index < -0.39 is 0 Å². The first-order valence-corrected chi connectivity index (χ1v) is 6.03. The first-order valence-electron chi connectivity index (χ1n) is 6.03. The zero-order valence-electron chi connectivity index (χ0n) is 11.0. The lowest BCUT2D eigenvalue weighted by atomic mass is 9.97. The average Bonchev–Trinajstić information content (AvgIpc) is 2.07. The van der Waals surface area contributed by atoms with Gasteiger partial charge < -0.3 is 10.6 Å². The van der Waals surface area contributed by atoms with Crippen molar-refractivity contribution in [3.8, 4) is 0 Å². The first kappa shape index (κ1) is 12.9. The molecule has 1 saturated heterocycles. The molecule has 1 fully saturated rings.